The molecule has 0 aliphatic heterocycles. The van der Waals surface area contributed by atoms with E-state index in [1.165, 1.54) is 57.8 Å². The average Bonchev–Trinajstić information content (AvgIpc) is 2.84. The molecule has 4 aliphatic carbocycles. The summed E-state index contributed by atoms with van der Waals surface area (Å²) in [4.78, 5) is 0. The smallest absolute Gasteiger partial charge is 0.286 e. The molecule has 0 aromatic rings. The summed E-state index contributed by atoms with van der Waals surface area (Å²) in [6, 6.07) is 0. The lowest BCUT2D eigenvalue weighted by molar-refractivity contribution is -0.120. The number of rotatable bonds is 1. The monoisotopic (exact) mass is 301 g/mol. The van der Waals surface area contributed by atoms with E-state index in [0.29, 0.717) is 5.41 Å². The highest BCUT2D eigenvalue weighted by molar-refractivity contribution is 5.09. The molecule has 0 radical (unpaired) electrons. The van der Waals surface area contributed by atoms with Crippen molar-refractivity contribution in [1.29, 1.82) is 5.26 Å². The van der Waals surface area contributed by atoms with Crippen LogP contribution in [0.4, 0.5) is 0 Å². The lowest BCUT2D eigenvalue weighted by atomic mass is 9.45. The van der Waals surface area contributed by atoms with Crippen molar-refractivity contribution in [3.05, 3.63) is 0 Å². The maximum absolute atomic E-state index is 8.99. The van der Waals surface area contributed by atoms with Crippen molar-refractivity contribution in [3.8, 4) is 6.26 Å². The SMILES string of the molecule is CC12CCC3C(CC[C@H]4CCCCC34C)C1CCC2OC#N. The number of ether oxygens (including phenoxy) is 1. The summed E-state index contributed by atoms with van der Waals surface area (Å²) in [6.45, 7) is 5.06. The Bertz CT molecular complexity index is 483. The Morgan fingerprint density at radius 2 is 1.68 bits per heavy atom. The van der Waals surface area contributed by atoms with Crippen molar-refractivity contribution in [2.75, 3.05) is 0 Å². The Kier molecular flexibility index (Phi) is 3.48. The normalized spacial score (nSPS) is 53.8. The van der Waals surface area contributed by atoms with Gasteiger partial charge in [0.25, 0.3) is 6.26 Å². The van der Waals surface area contributed by atoms with Gasteiger partial charge in [0.15, 0.2) is 0 Å². The van der Waals surface area contributed by atoms with Crippen LogP contribution in [0.5, 0.6) is 0 Å². The molecule has 4 saturated carbocycles. The molecule has 0 N–H and O–H groups in total. The second kappa shape index (κ2) is 5.15. The van der Waals surface area contributed by atoms with Crippen molar-refractivity contribution in [2.24, 2.45) is 34.5 Å². The molecule has 122 valence electrons. The van der Waals surface area contributed by atoms with Crippen LogP contribution in [-0.4, -0.2) is 6.10 Å². The van der Waals surface area contributed by atoms with E-state index < -0.39 is 0 Å². The Labute approximate surface area is 135 Å². The van der Waals surface area contributed by atoms with E-state index in [9.17, 15) is 0 Å². The van der Waals surface area contributed by atoms with Gasteiger partial charge in [0.2, 0.25) is 0 Å². The van der Waals surface area contributed by atoms with E-state index in [1.54, 1.807) is 0 Å². The maximum Gasteiger partial charge on any atom is 0.286 e. The minimum atomic E-state index is 0.195. The largest absolute Gasteiger partial charge is 0.424 e. The first-order valence-corrected chi connectivity index (χ1v) is 9.64. The third-order valence-corrected chi connectivity index (χ3v) is 8.69. The van der Waals surface area contributed by atoms with Crippen molar-refractivity contribution >= 4 is 0 Å². The summed E-state index contributed by atoms with van der Waals surface area (Å²) in [7, 11) is 0. The molecule has 0 amide bonds. The highest BCUT2D eigenvalue weighted by atomic mass is 16.5. The van der Waals surface area contributed by atoms with Gasteiger partial charge in [-0.15, -0.1) is 0 Å². The predicted molar refractivity (Wildman–Crippen MR) is 86.8 cm³/mol. The van der Waals surface area contributed by atoms with Gasteiger partial charge in [-0.05, 0) is 80.5 Å². The van der Waals surface area contributed by atoms with E-state index in [0.717, 1.165) is 30.1 Å². The lowest BCUT2D eigenvalue weighted by Gasteiger charge is -2.60. The van der Waals surface area contributed by atoms with Crippen LogP contribution in [0, 0.1) is 46.0 Å². The standard InChI is InChI=1S/C20H31NO/c1-19-11-4-3-5-14(19)6-7-15-16-8-9-18(22-13-21)20(16,2)12-10-17(15)19/h14-18H,3-12H2,1-2H3/t14-,15?,16?,17?,18?,19?,20?/m1/s1. The summed E-state index contributed by atoms with van der Waals surface area (Å²) >= 11 is 0. The van der Waals surface area contributed by atoms with Crippen LogP contribution in [0.2, 0.25) is 0 Å². The Morgan fingerprint density at radius 1 is 0.864 bits per heavy atom. The van der Waals surface area contributed by atoms with Crippen molar-refractivity contribution in [3.63, 3.8) is 0 Å². The minimum absolute atomic E-state index is 0.195. The molecule has 0 bridgehead atoms. The number of nitrogens with zero attached hydrogens (tertiary/aromatic N) is 1. The van der Waals surface area contributed by atoms with Gasteiger partial charge in [-0.3, -0.25) is 0 Å². The molecule has 2 heteroatoms. The van der Waals surface area contributed by atoms with Gasteiger partial charge in [0.1, 0.15) is 6.10 Å². The number of nitriles is 1. The molecule has 0 aromatic heterocycles. The first-order chi connectivity index (χ1) is 10.6. The zero-order chi connectivity index (χ0) is 15.4. The molecular weight excluding hydrogens is 270 g/mol. The van der Waals surface area contributed by atoms with Gasteiger partial charge in [0.05, 0.1) is 0 Å². The lowest BCUT2D eigenvalue weighted by Crippen LogP contribution is -2.53. The van der Waals surface area contributed by atoms with Crippen LogP contribution < -0.4 is 0 Å². The van der Waals surface area contributed by atoms with Crippen LogP contribution in [0.25, 0.3) is 0 Å². The zero-order valence-electron chi connectivity index (χ0n) is 14.3. The second-order valence-electron chi connectivity index (χ2n) is 9.22. The van der Waals surface area contributed by atoms with Crippen molar-refractivity contribution < 1.29 is 4.74 Å². The molecule has 4 rings (SSSR count). The fourth-order valence-corrected chi connectivity index (χ4v) is 7.50. The van der Waals surface area contributed by atoms with Gasteiger partial charge in [-0.25, -0.2) is 0 Å². The summed E-state index contributed by atoms with van der Waals surface area (Å²) in [6.07, 6.45) is 16.1. The molecule has 2 nitrogen and oxygen atoms in total. The maximum atomic E-state index is 8.99. The highest BCUT2D eigenvalue weighted by Gasteiger charge is 2.60. The van der Waals surface area contributed by atoms with Crippen LogP contribution in [0.15, 0.2) is 0 Å². The molecule has 0 aromatic carbocycles. The second-order valence-corrected chi connectivity index (χ2v) is 9.22. The van der Waals surface area contributed by atoms with Crippen LogP contribution in [0.1, 0.15) is 78.1 Å². The van der Waals surface area contributed by atoms with E-state index in [1.807, 2.05) is 6.26 Å². The molecule has 22 heavy (non-hydrogen) atoms. The summed E-state index contributed by atoms with van der Waals surface area (Å²) in [5, 5.41) is 8.99. The van der Waals surface area contributed by atoms with Gasteiger partial charge in [-0.1, -0.05) is 26.7 Å². The molecule has 4 aliphatic rings. The average molecular weight is 301 g/mol. The number of hydrogen-bond acceptors (Lipinski definition) is 2. The fraction of sp³-hybridized carbons (Fsp3) is 0.950. The molecule has 0 heterocycles. The van der Waals surface area contributed by atoms with E-state index in [-0.39, 0.29) is 11.5 Å². The molecule has 0 saturated heterocycles. The molecule has 0 spiro atoms. The number of fused-ring (bicyclic) bond motifs is 5. The van der Waals surface area contributed by atoms with Crippen LogP contribution >= 0.6 is 0 Å². The fourth-order valence-electron chi connectivity index (χ4n) is 7.50. The van der Waals surface area contributed by atoms with Gasteiger partial charge in [0, 0.05) is 5.41 Å². The Balaban J connectivity index is 1.61. The number of hydrogen-bond donors (Lipinski definition) is 0. The molecule has 7 atom stereocenters. The summed E-state index contributed by atoms with van der Waals surface area (Å²) in [5.74, 6) is 3.67. The Hall–Kier alpha value is -0.710. The third-order valence-electron chi connectivity index (χ3n) is 8.69. The summed E-state index contributed by atoms with van der Waals surface area (Å²) < 4.78 is 5.49. The van der Waals surface area contributed by atoms with Crippen LogP contribution in [-0.2, 0) is 4.74 Å². The highest BCUT2D eigenvalue weighted by Crippen LogP contribution is 2.66. The first-order valence-electron chi connectivity index (χ1n) is 9.64. The predicted octanol–water partition coefficient (Wildman–Crippen LogP) is 5.29. The van der Waals surface area contributed by atoms with E-state index in [2.05, 4.69) is 13.8 Å². The third kappa shape index (κ3) is 1.90. The minimum Gasteiger partial charge on any atom is -0.424 e. The zero-order valence-corrected chi connectivity index (χ0v) is 14.3. The molecule has 4 fully saturated rings. The van der Waals surface area contributed by atoms with Gasteiger partial charge < -0.3 is 4.74 Å². The van der Waals surface area contributed by atoms with Crippen molar-refractivity contribution in [2.45, 2.75) is 84.2 Å². The van der Waals surface area contributed by atoms with Crippen molar-refractivity contribution in [1.82, 2.24) is 0 Å². The summed E-state index contributed by atoms with van der Waals surface area (Å²) in [5.41, 5.74) is 0.894. The van der Waals surface area contributed by atoms with Crippen LogP contribution in [0.3, 0.4) is 0 Å². The molecular formula is C20H31NO. The molecule has 6 unspecified atom stereocenters. The quantitative estimate of drug-likeness (QED) is 0.617. The first kappa shape index (κ1) is 14.9. The topological polar surface area (TPSA) is 33.0 Å². The van der Waals surface area contributed by atoms with Gasteiger partial charge >= 0.3 is 0 Å². The van der Waals surface area contributed by atoms with Gasteiger partial charge in [-0.2, -0.15) is 5.26 Å². The van der Waals surface area contributed by atoms with E-state index >= 15 is 0 Å². The Morgan fingerprint density at radius 3 is 2.50 bits per heavy atom. The van der Waals surface area contributed by atoms with E-state index in [4.69, 9.17) is 10.00 Å².